The Bertz CT molecular complexity index is 336. The van der Waals surface area contributed by atoms with Crippen molar-refractivity contribution in [3.05, 3.63) is 0 Å². The van der Waals surface area contributed by atoms with Gasteiger partial charge in [-0.05, 0) is 19.3 Å². The van der Waals surface area contributed by atoms with Crippen molar-refractivity contribution in [2.45, 2.75) is 116 Å². The number of unbranched alkanes of at least 4 members (excludes halogenated alkanes) is 9. The van der Waals surface area contributed by atoms with Gasteiger partial charge in [0.25, 0.3) is 0 Å². The molecule has 0 aromatic heterocycles. The van der Waals surface area contributed by atoms with Crippen LogP contribution in [0.15, 0.2) is 0 Å². The molecule has 0 atom stereocenters. The van der Waals surface area contributed by atoms with E-state index in [4.69, 9.17) is 12.3 Å². The van der Waals surface area contributed by atoms with Crippen LogP contribution >= 0.6 is 0 Å². The normalized spacial score (nSPS) is 31.3. The number of rotatable bonds is 15. The zero-order chi connectivity index (χ0) is 20.2. The van der Waals surface area contributed by atoms with Gasteiger partial charge in [-0.1, -0.05) is 78.6 Å². The van der Waals surface area contributed by atoms with E-state index < -0.39 is 26.4 Å². The van der Waals surface area contributed by atoms with Gasteiger partial charge in [0, 0.05) is 18.1 Å². The first kappa shape index (κ1) is 25.4. The maximum absolute atomic E-state index is 11.0. The fourth-order valence-corrected chi connectivity index (χ4v) is 15.6. The molecule has 3 N–H and O–H groups in total. The van der Waals surface area contributed by atoms with Crippen LogP contribution in [0, 0.1) is 0 Å². The standard InChI is InChI=1S/C18H42O6Si3/c1-4-7-10-13-16-25(19)22-26(20,17-14-11-8-5-2)24-27(21,23-25)18-15-12-9-6-3/h19-21H,4-18H2,1-3H3. The fraction of sp³-hybridized carbons (Fsp3) is 1.00. The summed E-state index contributed by atoms with van der Waals surface area (Å²) >= 11 is 0. The Morgan fingerprint density at radius 3 is 0.926 bits per heavy atom. The van der Waals surface area contributed by atoms with Crippen molar-refractivity contribution in [3.8, 4) is 0 Å². The predicted molar refractivity (Wildman–Crippen MR) is 114 cm³/mol. The highest BCUT2D eigenvalue weighted by atomic mass is 28.5. The molecular weight excluding hydrogens is 396 g/mol. The second kappa shape index (κ2) is 12.9. The molecule has 0 saturated carbocycles. The number of hydrogen-bond donors (Lipinski definition) is 3. The largest absolute Gasteiger partial charge is 0.483 e. The van der Waals surface area contributed by atoms with Gasteiger partial charge in [0.15, 0.2) is 0 Å². The van der Waals surface area contributed by atoms with Crippen molar-refractivity contribution >= 4 is 26.4 Å². The average molecular weight is 439 g/mol. The third-order valence-corrected chi connectivity index (χ3v) is 15.6. The first-order valence-corrected chi connectivity index (χ1v) is 17.0. The molecule has 0 aromatic carbocycles. The third-order valence-electron chi connectivity index (χ3n) is 5.00. The molecule has 0 aromatic rings. The van der Waals surface area contributed by atoms with Gasteiger partial charge in [0.2, 0.25) is 0 Å². The second-order valence-electron chi connectivity index (χ2n) is 7.88. The van der Waals surface area contributed by atoms with Crippen molar-refractivity contribution in [1.29, 1.82) is 0 Å². The van der Waals surface area contributed by atoms with Crippen LogP contribution in [0.5, 0.6) is 0 Å². The molecule has 1 rings (SSSR count). The van der Waals surface area contributed by atoms with Gasteiger partial charge in [0.1, 0.15) is 0 Å². The van der Waals surface area contributed by atoms with Gasteiger partial charge < -0.3 is 26.7 Å². The smallest absolute Gasteiger partial charge is 0.391 e. The minimum absolute atomic E-state index is 0.394. The molecule has 6 nitrogen and oxygen atoms in total. The van der Waals surface area contributed by atoms with E-state index in [2.05, 4.69) is 20.8 Å². The SMILES string of the molecule is CCCCCC[Si]1(O)O[Si](O)(CCCCCC)O[Si](O)(CCCCCC)O1. The topological polar surface area (TPSA) is 88.4 Å². The van der Waals surface area contributed by atoms with Gasteiger partial charge in [-0.25, -0.2) is 0 Å². The summed E-state index contributed by atoms with van der Waals surface area (Å²) in [5.74, 6) is 0. The molecule has 0 aliphatic carbocycles. The van der Waals surface area contributed by atoms with Crippen molar-refractivity contribution in [2.75, 3.05) is 0 Å². The quantitative estimate of drug-likeness (QED) is 0.256. The lowest BCUT2D eigenvalue weighted by atomic mass is 10.2. The monoisotopic (exact) mass is 438 g/mol. The van der Waals surface area contributed by atoms with E-state index in [9.17, 15) is 14.4 Å². The Labute approximate surface area is 169 Å². The van der Waals surface area contributed by atoms with Crippen LogP contribution in [0.25, 0.3) is 0 Å². The van der Waals surface area contributed by atoms with E-state index in [-0.39, 0.29) is 0 Å². The lowest BCUT2D eigenvalue weighted by Gasteiger charge is -2.45. The maximum atomic E-state index is 11.0. The van der Waals surface area contributed by atoms with Crippen LogP contribution in [-0.4, -0.2) is 40.8 Å². The van der Waals surface area contributed by atoms with E-state index in [1.807, 2.05) is 0 Å². The van der Waals surface area contributed by atoms with Gasteiger partial charge in [-0.15, -0.1) is 0 Å². The predicted octanol–water partition coefficient (Wildman–Crippen LogP) is 4.58. The summed E-state index contributed by atoms with van der Waals surface area (Å²) in [4.78, 5) is 33.0. The van der Waals surface area contributed by atoms with E-state index >= 15 is 0 Å². The molecular formula is C18H42O6Si3. The molecule has 0 spiro atoms. The van der Waals surface area contributed by atoms with Crippen LogP contribution in [0.4, 0.5) is 0 Å². The molecule has 0 radical (unpaired) electrons. The molecule has 1 saturated heterocycles. The van der Waals surface area contributed by atoms with Crippen LogP contribution in [-0.2, 0) is 12.3 Å². The highest BCUT2D eigenvalue weighted by Gasteiger charge is 2.63. The van der Waals surface area contributed by atoms with Crippen molar-refractivity contribution < 1.29 is 26.7 Å². The van der Waals surface area contributed by atoms with Gasteiger partial charge in [-0.3, -0.25) is 0 Å². The lowest BCUT2D eigenvalue weighted by Crippen LogP contribution is -2.71. The Balaban J connectivity index is 2.74. The molecule has 9 heteroatoms. The highest BCUT2D eigenvalue weighted by Crippen LogP contribution is 2.35. The summed E-state index contributed by atoms with van der Waals surface area (Å²) < 4.78 is 17.3. The molecule has 0 bridgehead atoms. The van der Waals surface area contributed by atoms with Crippen LogP contribution in [0.3, 0.4) is 0 Å². The first-order chi connectivity index (χ1) is 12.8. The van der Waals surface area contributed by atoms with Crippen LogP contribution in [0.2, 0.25) is 18.1 Å². The van der Waals surface area contributed by atoms with E-state index in [1.165, 1.54) is 0 Å². The molecule has 1 aliphatic rings. The molecule has 1 fully saturated rings. The lowest BCUT2D eigenvalue weighted by molar-refractivity contribution is 0.0649. The second-order valence-corrected chi connectivity index (χ2v) is 16.1. The highest BCUT2D eigenvalue weighted by molar-refractivity contribution is 6.87. The third kappa shape index (κ3) is 10.1. The molecule has 1 aliphatic heterocycles. The van der Waals surface area contributed by atoms with Crippen molar-refractivity contribution in [1.82, 2.24) is 0 Å². The van der Waals surface area contributed by atoms with Gasteiger partial charge in [0.05, 0.1) is 0 Å². The number of hydrogen-bond acceptors (Lipinski definition) is 6. The van der Waals surface area contributed by atoms with Gasteiger partial charge >= 0.3 is 26.4 Å². The Morgan fingerprint density at radius 2 is 0.704 bits per heavy atom. The average Bonchev–Trinajstić information content (AvgIpc) is 2.58. The summed E-state index contributed by atoms with van der Waals surface area (Å²) in [5.41, 5.74) is 0. The fourth-order valence-electron chi connectivity index (χ4n) is 3.44. The summed E-state index contributed by atoms with van der Waals surface area (Å²) in [6.07, 6.45) is 12.0. The maximum Gasteiger partial charge on any atom is 0.483 e. The Morgan fingerprint density at radius 1 is 0.444 bits per heavy atom. The minimum Gasteiger partial charge on any atom is -0.391 e. The Hall–Kier alpha value is 0.411. The minimum atomic E-state index is -3.60. The molecule has 0 amide bonds. The molecule has 0 unspecified atom stereocenters. The molecule has 162 valence electrons. The van der Waals surface area contributed by atoms with Crippen LogP contribution in [0.1, 0.15) is 97.8 Å². The summed E-state index contributed by atoms with van der Waals surface area (Å²) in [6.45, 7) is 6.41. The summed E-state index contributed by atoms with van der Waals surface area (Å²) in [6, 6.07) is 1.18. The first-order valence-electron chi connectivity index (χ1n) is 11.1. The van der Waals surface area contributed by atoms with Crippen LogP contribution < -0.4 is 0 Å². The Kier molecular flexibility index (Phi) is 12.1. The van der Waals surface area contributed by atoms with Crippen molar-refractivity contribution in [3.63, 3.8) is 0 Å². The summed E-state index contributed by atoms with van der Waals surface area (Å²) in [7, 11) is -10.8. The van der Waals surface area contributed by atoms with E-state index in [0.29, 0.717) is 18.1 Å². The van der Waals surface area contributed by atoms with Gasteiger partial charge in [-0.2, -0.15) is 0 Å². The van der Waals surface area contributed by atoms with E-state index in [1.54, 1.807) is 0 Å². The zero-order valence-electron chi connectivity index (χ0n) is 17.7. The zero-order valence-corrected chi connectivity index (χ0v) is 20.7. The van der Waals surface area contributed by atoms with Crippen molar-refractivity contribution in [2.24, 2.45) is 0 Å². The molecule has 27 heavy (non-hydrogen) atoms. The molecule has 1 heterocycles. The summed E-state index contributed by atoms with van der Waals surface area (Å²) in [5, 5.41) is 0. The van der Waals surface area contributed by atoms with E-state index in [0.717, 1.165) is 77.0 Å².